The topological polar surface area (TPSA) is 154 Å². The van der Waals surface area contributed by atoms with Crippen LogP contribution >= 0.6 is 0 Å². The molecular formula is C32H27FN8O3. The van der Waals surface area contributed by atoms with Crippen molar-refractivity contribution in [1.29, 1.82) is 0 Å². The van der Waals surface area contributed by atoms with E-state index in [0.29, 0.717) is 53.4 Å². The van der Waals surface area contributed by atoms with Crippen LogP contribution in [-0.2, 0) is 12.8 Å². The van der Waals surface area contributed by atoms with Crippen LogP contribution in [0.1, 0.15) is 31.8 Å². The SMILES string of the molecule is CNC(=O)c1ccc(O)c(C=O)c1.Nc1ncccc1-c1nc2ccc(-n3cccn3)nc2n1-c1ccc2c(c1)CC(F)C2. The van der Waals surface area contributed by atoms with Crippen LogP contribution in [0.4, 0.5) is 10.2 Å². The summed E-state index contributed by atoms with van der Waals surface area (Å²) in [6.07, 6.45) is 5.75. The number of phenols is 1. The van der Waals surface area contributed by atoms with Gasteiger partial charge >= 0.3 is 0 Å². The summed E-state index contributed by atoms with van der Waals surface area (Å²) in [5.74, 6) is 1.29. The highest BCUT2D eigenvalue weighted by Crippen LogP contribution is 2.33. The van der Waals surface area contributed by atoms with E-state index in [1.54, 1.807) is 17.1 Å². The molecule has 4 N–H and O–H groups in total. The third-order valence-corrected chi connectivity index (χ3v) is 7.28. The second-order valence-corrected chi connectivity index (χ2v) is 10.1. The van der Waals surface area contributed by atoms with Crippen molar-refractivity contribution in [2.75, 3.05) is 12.8 Å². The van der Waals surface area contributed by atoms with Crippen molar-refractivity contribution >= 4 is 29.2 Å². The second kappa shape index (κ2) is 11.8. The number of rotatable bonds is 5. The van der Waals surface area contributed by atoms with Crippen LogP contribution < -0.4 is 11.1 Å². The zero-order valence-corrected chi connectivity index (χ0v) is 23.6. The Bertz CT molecular complexity index is 2010. The van der Waals surface area contributed by atoms with E-state index >= 15 is 0 Å². The van der Waals surface area contributed by atoms with E-state index in [9.17, 15) is 14.0 Å². The van der Waals surface area contributed by atoms with Crippen LogP contribution in [0, 0.1) is 0 Å². The van der Waals surface area contributed by atoms with Crippen LogP contribution in [0.5, 0.6) is 5.75 Å². The number of phenolic OH excluding ortho intramolecular Hbond substituents is 1. The van der Waals surface area contributed by atoms with E-state index in [1.807, 2.05) is 59.3 Å². The third-order valence-electron chi connectivity index (χ3n) is 7.28. The Hall–Kier alpha value is -5.91. The fourth-order valence-corrected chi connectivity index (χ4v) is 5.14. The molecule has 0 saturated carbocycles. The number of hydrogen-bond donors (Lipinski definition) is 3. The van der Waals surface area contributed by atoms with Gasteiger partial charge in [0.2, 0.25) is 0 Å². The predicted molar refractivity (Wildman–Crippen MR) is 163 cm³/mol. The molecule has 1 unspecified atom stereocenters. The lowest BCUT2D eigenvalue weighted by Crippen LogP contribution is -2.17. The molecule has 4 heterocycles. The number of fused-ring (bicyclic) bond motifs is 2. The summed E-state index contributed by atoms with van der Waals surface area (Å²) in [5, 5.41) is 15.8. The monoisotopic (exact) mass is 590 g/mol. The molecule has 0 bridgehead atoms. The molecule has 0 fully saturated rings. The van der Waals surface area contributed by atoms with Gasteiger partial charge in [0.15, 0.2) is 23.6 Å². The smallest absolute Gasteiger partial charge is 0.251 e. The number of aromatic hydroxyl groups is 1. The normalized spacial score (nSPS) is 13.6. The Balaban J connectivity index is 0.000000223. The molecule has 0 saturated heterocycles. The van der Waals surface area contributed by atoms with Gasteiger partial charge in [-0.1, -0.05) is 6.07 Å². The highest BCUT2D eigenvalue weighted by molar-refractivity contribution is 5.96. The zero-order valence-electron chi connectivity index (χ0n) is 23.6. The number of nitrogens with one attached hydrogen (secondary N) is 1. The number of pyridine rings is 2. The van der Waals surface area contributed by atoms with Crippen LogP contribution in [-0.4, -0.2) is 59.8 Å². The van der Waals surface area contributed by atoms with Gasteiger partial charge in [-0.3, -0.25) is 14.2 Å². The highest BCUT2D eigenvalue weighted by Gasteiger charge is 2.23. The number of aldehydes is 1. The Morgan fingerprint density at radius 1 is 1.05 bits per heavy atom. The first-order chi connectivity index (χ1) is 21.4. The van der Waals surface area contributed by atoms with Crippen molar-refractivity contribution in [3.63, 3.8) is 0 Å². The van der Waals surface area contributed by atoms with Crippen molar-refractivity contribution in [3.8, 4) is 28.6 Å². The van der Waals surface area contributed by atoms with E-state index in [2.05, 4.69) is 15.4 Å². The summed E-state index contributed by atoms with van der Waals surface area (Å²) < 4.78 is 17.6. The van der Waals surface area contributed by atoms with Crippen molar-refractivity contribution in [2.45, 2.75) is 19.0 Å². The number of anilines is 1. The number of nitrogen functional groups attached to an aromatic ring is 1. The number of imidazole rings is 1. The molecule has 0 spiro atoms. The van der Waals surface area contributed by atoms with Crippen LogP contribution in [0.3, 0.4) is 0 Å². The molecular weight excluding hydrogens is 563 g/mol. The lowest BCUT2D eigenvalue weighted by molar-refractivity contribution is 0.0963. The van der Waals surface area contributed by atoms with Gasteiger partial charge in [0.1, 0.15) is 23.3 Å². The van der Waals surface area contributed by atoms with Gasteiger partial charge in [0.25, 0.3) is 5.91 Å². The Labute approximate surface area is 250 Å². The van der Waals surface area contributed by atoms with Crippen molar-refractivity contribution in [1.82, 2.24) is 34.6 Å². The number of benzene rings is 2. The minimum absolute atomic E-state index is 0.112. The molecule has 1 amide bonds. The molecule has 44 heavy (non-hydrogen) atoms. The minimum atomic E-state index is -0.831. The Kier molecular flexibility index (Phi) is 7.54. The van der Waals surface area contributed by atoms with Gasteiger partial charge in [-0.2, -0.15) is 5.10 Å². The summed E-state index contributed by atoms with van der Waals surface area (Å²) >= 11 is 0. The number of alkyl halides is 1. The molecule has 1 aliphatic carbocycles. The predicted octanol–water partition coefficient (Wildman–Crippen LogP) is 4.25. The number of hydrogen-bond acceptors (Lipinski definition) is 8. The summed E-state index contributed by atoms with van der Waals surface area (Å²) in [4.78, 5) is 35.4. The molecule has 2 aromatic carbocycles. The standard InChI is InChI=1S/C23H18FN7.C9H9NO3/c24-16-11-14-4-5-17(13-15(14)12-16)31-22(18-3-1-8-26-21(18)25)28-19-6-7-20(29-23(19)31)30-10-2-9-27-30;1-10-9(13)6-2-3-8(12)7(4-6)5-11/h1-10,13,16H,11-12H2,(H2,25,26);2-5,12H,1H3,(H,10,13). The first kappa shape index (κ1) is 28.2. The quantitative estimate of drug-likeness (QED) is 0.252. The molecule has 11 nitrogen and oxygen atoms in total. The molecule has 6 aromatic rings. The van der Waals surface area contributed by atoms with E-state index in [-0.39, 0.29) is 17.2 Å². The van der Waals surface area contributed by atoms with Gasteiger partial charge in [-0.05, 0) is 71.8 Å². The molecule has 0 radical (unpaired) electrons. The van der Waals surface area contributed by atoms with E-state index in [0.717, 1.165) is 22.3 Å². The van der Waals surface area contributed by atoms with E-state index < -0.39 is 6.17 Å². The average molecular weight is 591 g/mol. The molecule has 1 aliphatic rings. The molecule has 7 rings (SSSR count). The lowest BCUT2D eigenvalue weighted by Gasteiger charge is -2.12. The van der Waals surface area contributed by atoms with Gasteiger partial charge < -0.3 is 16.2 Å². The molecule has 12 heteroatoms. The summed E-state index contributed by atoms with van der Waals surface area (Å²) in [7, 11) is 1.50. The number of aromatic nitrogens is 6. The fourth-order valence-electron chi connectivity index (χ4n) is 5.14. The maximum Gasteiger partial charge on any atom is 0.251 e. The molecule has 220 valence electrons. The van der Waals surface area contributed by atoms with E-state index in [4.69, 9.17) is 20.8 Å². The van der Waals surface area contributed by atoms with Crippen molar-refractivity contribution < 1.29 is 19.1 Å². The molecule has 1 atom stereocenters. The number of nitrogens with two attached hydrogens (primary N) is 1. The van der Waals surface area contributed by atoms with E-state index in [1.165, 1.54) is 25.2 Å². The summed E-state index contributed by atoms with van der Waals surface area (Å²) in [6, 6.07) is 19.4. The number of amides is 1. The van der Waals surface area contributed by atoms with Gasteiger partial charge in [0.05, 0.1) is 11.1 Å². The van der Waals surface area contributed by atoms with Crippen molar-refractivity contribution in [3.05, 3.63) is 108 Å². The first-order valence-corrected chi connectivity index (χ1v) is 13.7. The number of nitrogens with zero attached hydrogens (tertiary/aromatic N) is 6. The lowest BCUT2D eigenvalue weighted by atomic mass is 10.1. The average Bonchev–Trinajstić information content (AvgIpc) is 3.79. The minimum Gasteiger partial charge on any atom is -0.507 e. The maximum absolute atomic E-state index is 14.0. The number of carbonyl (C=O) groups excluding carboxylic acids is 2. The molecule has 0 aliphatic heterocycles. The fraction of sp³-hybridized carbons (Fsp3) is 0.125. The Morgan fingerprint density at radius 2 is 1.89 bits per heavy atom. The van der Waals surface area contributed by atoms with Gasteiger partial charge in [-0.25, -0.2) is 24.0 Å². The Morgan fingerprint density at radius 3 is 2.64 bits per heavy atom. The highest BCUT2D eigenvalue weighted by atomic mass is 19.1. The van der Waals surface area contributed by atoms with Crippen LogP contribution in [0.25, 0.3) is 34.1 Å². The zero-order chi connectivity index (χ0) is 30.8. The summed E-state index contributed by atoms with van der Waals surface area (Å²) in [6.45, 7) is 0. The largest absolute Gasteiger partial charge is 0.507 e. The third kappa shape index (κ3) is 5.36. The second-order valence-electron chi connectivity index (χ2n) is 10.1. The van der Waals surface area contributed by atoms with Crippen LogP contribution in [0.2, 0.25) is 0 Å². The van der Waals surface area contributed by atoms with Crippen molar-refractivity contribution in [2.24, 2.45) is 0 Å². The van der Waals surface area contributed by atoms with Gasteiger partial charge in [0, 0.05) is 49.7 Å². The maximum atomic E-state index is 14.0. The summed E-state index contributed by atoms with van der Waals surface area (Å²) in [5.41, 5.74) is 11.7. The number of halogens is 1. The molecule has 4 aromatic heterocycles. The first-order valence-electron chi connectivity index (χ1n) is 13.7. The van der Waals surface area contributed by atoms with Crippen LogP contribution in [0.15, 0.2) is 85.3 Å². The number of carbonyl (C=O) groups is 2. The van der Waals surface area contributed by atoms with Gasteiger partial charge in [-0.15, -0.1) is 0 Å².